The number of carbonyl (C=O) groups excluding carboxylic acids is 1. The normalized spacial score (nSPS) is 11.0. The Labute approximate surface area is 177 Å². The molecule has 0 aliphatic carbocycles. The monoisotopic (exact) mass is 419 g/mol. The summed E-state index contributed by atoms with van der Waals surface area (Å²) in [7, 11) is 0. The van der Waals surface area contributed by atoms with Crippen LogP contribution in [0.1, 0.15) is 18.1 Å². The van der Waals surface area contributed by atoms with Crippen molar-refractivity contribution in [1.29, 1.82) is 0 Å². The fraction of sp³-hybridized carbons (Fsp3) is 0.182. The van der Waals surface area contributed by atoms with Crippen molar-refractivity contribution in [2.75, 3.05) is 5.32 Å². The van der Waals surface area contributed by atoms with Gasteiger partial charge in [0.2, 0.25) is 5.91 Å². The molecule has 4 rings (SSSR count). The van der Waals surface area contributed by atoms with Gasteiger partial charge in [0.05, 0.1) is 0 Å². The lowest BCUT2D eigenvalue weighted by atomic mass is 10.2. The first-order valence-electron chi connectivity index (χ1n) is 9.61. The maximum absolute atomic E-state index is 12.7. The molecule has 4 aromatic rings. The first-order valence-corrected chi connectivity index (χ1v) is 10.4. The van der Waals surface area contributed by atoms with Crippen LogP contribution < -0.4 is 11.0 Å². The van der Waals surface area contributed by atoms with Crippen LogP contribution in [0.15, 0.2) is 75.6 Å². The molecule has 0 aliphatic heterocycles. The van der Waals surface area contributed by atoms with Gasteiger partial charge >= 0.3 is 5.69 Å². The van der Waals surface area contributed by atoms with E-state index < -0.39 is 0 Å². The van der Waals surface area contributed by atoms with Crippen molar-refractivity contribution in [2.45, 2.75) is 36.7 Å². The first kappa shape index (κ1) is 19.9. The average molecular weight is 420 g/mol. The topological polar surface area (TPSA) is 81.3 Å². The van der Waals surface area contributed by atoms with Crippen LogP contribution in [0.3, 0.4) is 0 Å². The van der Waals surface area contributed by atoms with Crippen molar-refractivity contribution in [3.63, 3.8) is 0 Å². The summed E-state index contributed by atoms with van der Waals surface area (Å²) >= 11 is 1.47. The third-order valence-electron chi connectivity index (χ3n) is 4.62. The highest BCUT2D eigenvalue weighted by molar-refractivity contribution is 7.99. The molecule has 1 amide bonds. The van der Waals surface area contributed by atoms with Crippen molar-refractivity contribution in [2.24, 2.45) is 0 Å². The second kappa shape index (κ2) is 8.54. The third kappa shape index (κ3) is 4.13. The molecule has 7 nitrogen and oxygen atoms in total. The number of hydrogen-bond donors (Lipinski definition) is 1. The molecule has 0 bridgehead atoms. The number of benzene rings is 2. The van der Waals surface area contributed by atoms with E-state index in [0.29, 0.717) is 16.4 Å². The van der Waals surface area contributed by atoms with E-state index in [4.69, 9.17) is 0 Å². The molecular formula is C22H21N5O2S. The molecule has 152 valence electrons. The number of rotatable bonds is 6. The highest BCUT2D eigenvalue weighted by atomic mass is 32.2. The molecular weight excluding hydrogens is 398 g/mol. The fourth-order valence-electron chi connectivity index (χ4n) is 3.16. The summed E-state index contributed by atoms with van der Waals surface area (Å²) in [4.78, 5) is 30.7. The van der Waals surface area contributed by atoms with Crippen LogP contribution in [0.25, 0.3) is 5.65 Å². The van der Waals surface area contributed by atoms with Gasteiger partial charge in [0.25, 0.3) is 0 Å². The quantitative estimate of drug-likeness (QED) is 0.517. The van der Waals surface area contributed by atoms with Gasteiger partial charge in [-0.15, -0.1) is 5.10 Å². The number of anilines is 1. The van der Waals surface area contributed by atoms with Crippen molar-refractivity contribution in [3.8, 4) is 0 Å². The molecule has 2 heterocycles. The molecule has 0 fully saturated rings. The molecule has 0 atom stereocenters. The zero-order valence-electron chi connectivity index (χ0n) is 16.7. The Kier molecular flexibility index (Phi) is 5.67. The second-order valence-electron chi connectivity index (χ2n) is 6.85. The van der Waals surface area contributed by atoms with Gasteiger partial charge in [0.1, 0.15) is 11.6 Å². The smallest absolute Gasteiger partial charge is 0.324 e. The van der Waals surface area contributed by atoms with Crippen LogP contribution in [-0.4, -0.2) is 25.1 Å². The summed E-state index contributed by atoms with van der Waals surface area (Å²) in [5.74, 6) is -0.315. The van der Waals surface area contributed by atoms with Crippen LogP contribution in [0.4, 0.5) is 5.69 Å². The molecule has 0 aliphatic rings. The first-order chi connectivity index (χ1) is 14.5. The predicted molar refractivity (Wildman–Crippen MR) is 117 cm³/mol. The molecule has 30 heavy (non-hydrogen) atoms. The Morgan fingerprint density at radius 3 is 2.80 bits per heavy atom. The lowest BCUT2D eigenvalue weighted by molar-refractivity contribution is -0.117. The molecule has 2 aromatic heterocycles. The van der Waals surface area contributed by atoms with Gasteiger partial charge in [-0.05, 0) is 42.7 Å². The van der Waals surface area contributed by atoms with Gasteiger partial charge in [0.15, 0.2) is 5.65 Å². The summed E-state index contributed by atoms with van der Waals surface area (Å²) in [6, 6.07) is 15.6. The van der Waals surface area contributed by atoms with Crippen molar-refractivity contribution < 1.29 is 4.79 Å². The molecule has 0 radical (unpaired) electrons. The SMILES string of the molecule is CCc1ccccc1Sc1nccn2c(=O)n(CC(=O)Nc3cccc(C)c3)nc12. The largest absolute Gasteiger partial charge is 0.350 e. The number of aromatic nitrogens is 4. The minimum Gasteiger partial charge on any atom is -0.324 e. The van der Waals surface area contributed by atoms with Crippen molar-refractivity contribution in [1.82, 2.24) is 19.2 Å². The van der Waals surface area contributed by atoms with Gasteiger partial charge in [-0.3, -0.25) is 4.79 Å². The summed E-state index contributed by atoms with van der Waals surface area (Å²) in [5, 5.41) is 7.81. The van der Waals surface area contributed by atoms with Crippen molar-refractivity contribution in [3.05, 3.63) is 82.5 Å². The number of nitrogens with one attached hydrogen (secondary N) is 1. The van der Waals surface area contributed by atoms with E-state index in [1.165, 1.54) is 21.7 Å². The highest BCUT2D eigenvalue weighted by Crippen LogP contribution is 2.31. The Hall–Kier alpha value is -3.39. The number of nitrogens with zero attached hydrogens (tertiary/aromatic N) is 4. The van der Waals surface area contributed by atoms with Crippen LogP contribution in [0, 0.1) is 6.92 Å². The summed E-state index contributed by atoms with van der Waals surface area (Å²) in [6.45, 7) is 3.87. The maximum atomic E-state index is 12.7. The van der Waals surface area contributed by atoms with Crippen molar-refractivity contribution >= 4 is 29.0 Å². The van der Waals surface area contributed by atoms with E-state index >= 15 is 0 Å². The molecule has 0 spiro atoms. The van der Waals surface area contributed by atoms with E-state index in [-0.39, 0.29) is 18.1 Å². The summed E-state index contributed by atoms with van der Waals surface area (Å²) in [5.41, 5.74) is 2.98. The standard InChI is InChI=1S/C22H21N5O2S/c1-3-16-8-4-5-10-18(16)30-21-20-25-27(22(29)26(20)12-11-23-21)14-19(28)24-17-9-6-7-15(2)13-17/h4-13H,3,14H2,1-2H3,(H,24,28). The van der Waals surface area contributed by atoms with Gasteiger partial charge in [-0.1, -0.05) is 49.0 Å². The van der Waals surface area contributed by atoms with E-state index in [2.05, 4.69) is 28.4 Å². The van der Waals surface area contributed by atoms with E-state index in [0.717, 1.165) is 21.6 Å². The summed E-state index contributed by atoms with van der Waals surface area (Å²) < 4.78 is 2.59. The number of carbonyl (C=O) groups is 1. The van der Waals surface area contributed by atoms with Gasteiger partial charge in [0, 0.05) is 23.0 Å². The second-order valence-corrected chi connectivity index (χ2v) is 7.88. The van der Waals surface area contributed by atoms with E-state index in [1.54, 1.807) is 18.5 Å². The minimum atomic E-state index is -0.377. The van der Waals surface area contributed by atoms with Crippen LogP contribution in [0.2, 0.25) is 0 Å². The van der Waals surface area contributed by atoms with Crippen LogP contribution in [0.5, 0.6) is 0 Å². The number of hydrogen-bond acceptors (Lipinski definition) is 5. The summed E-state index contributed by atoms with van der Waals surface area (Å²) in [6.07, 6.45) is 4.03. The Balaban J connectivity index is 1.61. The molecule has 1 N–H and O–H groups in total. The van der Waals surface area contributed by atoms with E-state index in [1.807, 2.05) is 43.3 Å². The average Bonchev–Trinajstić information content (AvgIpc) is 3.05. The Morgan fingerprint density at radius 2 is 2.00 bits per heavy atom. The Morgan fingerprint density at radius 1 is 1.17 bits per heavy atom. The number of aryl methyl sites for hydroxylation is 2. The lowest BCUT2D eigenvalue weighted by Crippen LogP contribution is -2.28. The maximum Gasteiger partial charge on any atom is 0.350 e. The minimum absolute atomic E-state index is 0.176. The van der Waals surface area contributed by atoms with E-state index in [9.17, 15) is 9.59 Å². The molecule has 0 saturated heterocycles. The number of amides is 1. The zero-order valence-corrected chi connectivity index (χ0v) is 17.5. The molecule has 8 heteroatoms. The molecule has 0 saturated carbocycles. The fourth-order valence-corrected chi connectivity index (χ4v) is 4.20. The van der Waals surface area contributed by atoms with Crippen LogP contribution >= 0.6 is 11.8 Å². The van der Waals surface area contributed by atoms with Crippen LogP contribution in [-0.2, 0) is 17.8 Å². The van der Waals surface area contributed by atoms with Gasteiger partial charge in [-0.2, -0.15) is 0 Å². The molecule has 0 unspecified atom stereocenters. The van der Waals surface area contributed by atoms with Gasteiger partial charge in [-0.25, -0.2) is 18.9 Å². The highest BCUT2D eigenvalue weighted by Gasteiger charge is 2.16. The zero-order chi connectivity index (χ0) is 21.1. The molecule has 2 aromatic carbocycles. The number of fused-ring (bicyclic) bond motifs is 1. The Bertz CT molecular complexity index is 1280. The lowest BCUT2D eigenvalue weighted by Gasteiger charge is -2.06. The van der Waals surface area contributed by atoms with Gasteiger partial charge < -0.3 is 5.32 Å². The predicted octanol–water partition coefficient (Wildman–Crippen LogP) is 3.55. The third-order valence-corrected chi connectivity index (χ3v) is 5.72.